The summed E-state index contributed by atoms with van der Waals surface area (Å²) in [5, 5.41) is 0.977. The van der Waals surface area contributed by atoms with E-state index >= 15 is 0 Å². The summed E-state index contributed by atoms with van der Waals surface area (Å²) in [4.78, 5) is 18.1. The van der Waals surface area contributed by atoms with Crippen molar-refractivity contribution in [1.29, 1.82) is 0 Å². The first-order valence-corrected chi connectivity index (χ1v) is 7.09. The molecule has 0 radical (unpaired) electrons. The van der Waals surface area contributed by atoms with Crippen LogP contribution < -0.4 is 0 Å². The van der Waals surface area contributed by atoms with Crippen molar-refractivity contribution in [2.75, 3.05) is 13.2 Å². The van der Waals surface area contributed by atoms with Crippen molar-refractivity contribution in [1.82, 2.24) is 9.88 Å². The Bertz CT molecular complexity index is 468. The van der Waals surface area contributed by atoms with Crippen molar-refractivity contribution >= 4 is 29.2 Å². The van der Waals surface area contributed by atoms with Gasteiger partial charge >= 0.3 is 5.97 Å². The highest BCUT2D eigenvalue weighted by atomic mass is 35.5. The molecule has 4 nitrogen and oxygen atoms in total. The predicted molar refractivity (Wildman–Crippen MR) is 74.3 cm³/mol. The smallest absolute Gasteiger partial charge is 0.323 e. The van der Waals surface area contributed by atoms with Gasteiger partial charge in [0.25, 0.3) is 0 Å². The lowest BCUT2D eigenvalue weighted by atomic mass is 10.2. The summed E-state index contributed by atoms with van der Waals surface area (Å²) in [6, 6.07) is 3.18. The first kappa shape index (κ1) is 14.6. The number of hydrogen-bond acceptors (Lipinski definition) is 4. The van der Waals surface area contributed by atoms with Crippen molar-refractivity contribution in [3.8, 4) is 0 Å². The number of aromatic nitrogens is 1. The first-order valence-electron chi connectivity index (χ1n) is 6.33. The third kappa shape index (κ3) is 3.59. The Morgan fingerprint density at radius 3 is 3.05 bits per heavy atom. The lowest BCUT2D eigenvalue weighted by Crippen LogP contribution is -2.37. The number of carbonyl (C=O) groups excluding carboxylic acids is 1. The monoisotopic (exact) mass is 302 g/mol. The molecule has 0 saturated carbocycles. The van der Waals surface area contributed by atoms with Crippen LogP contribution >= 0.6 is 23.2 Å². The highest BCUT2D eigenvalue weighted by Gasteiger charge is 2.32. The molecule has 2 heterocycles. The van der Waals surface area contributed by atoms with Crippen LogP contribution in [-0.2, 0) is 16.1 Å². The van der Waals surface area contributed by atoms with Crippen molar-refractivity contribution in [2.45, 2.75) is 32.4 Å². The van der Waals surface area contributed by atoms with E-state index in [0.29, 0.717) is 29.0 Å². The molecule has 1 unspecified atom stereocenters. The molecule has 0 aromatic carbocycles. The number of pyridine rings is 1. The number of nitrogens with zero attached hydrogens (tertiary/aromatic N) is 2. The molecule has 104 valence electrons. The Labute approximate surface area is 122 Å². The number of halogens is 2. The zero-order chi connectivity index (χ0) is 13.8. The lowest BCUT2D eigenvalue weighted by Gasteiger charge is -2.22. The maximum atomic E-state index is 11.9. The lowest BCUT2D eigenvalue weighted by molar-refractivity contribution is -0.148. The van der Waals surface area contributed by atoms with Crippen LogP contribution in [0.25, 0.3) is 0 Å². The van der Waals surface area contributed by atoms with E-state index in [1.807, 2.05) is 11.8 Å². The maximum Gasteiger partial charge on any atom is 0.323 e. The molecule has 19 heavy (non-hydrogen) atoms. The summed E-state index contributed by atoms with van der Waals surface area (Å²) in [6.07, 6.45) is 1.79. The van der Waals surface area contributed by atoms with Crippen LogP contribution in [0.2, 0.25) is 10.2 Å². The van der Waals surface area contributed by atoms with Crippen molar-refractivity contribution in [2.24, 2.45) is 0 Å². The van der Waals surface area contributed by atoms with Gasteiger partial charge in [-0.25, -0.2) is 4.98 Å². The number of hydrogen-bond donors (Lipinski definition) is 0. The van der Waals surface area contributed by atoms with Gasteiger partial charge in [0.15, 0.2) is 0 Å². The van der Waals surface area contributed by atoms with Crippen LogP contribution in [0.1, 0.15) is 25.5 Å². The third-order valence-corrected chi connectivity index (χ3v) is 3.71. The molecule has 0 spiro atoms. The maximum absolute atomic E-state index is 11.9. The van der Waals surface area contributed by atoms with E-state index in [0.717, 1.165) is 19.4 Å². The van der Waals surface area contributed by atoms with E-state index in [1.165, 1.54) is 0 Å². The van der Waals surface area contributed by atoms with Gasteiger partial charge in [0.1, 0.15) is 11.2 Å². The topological polar surface area (TPSA) is 42.4 Å². The first-order chi connectivity index (χ1) is 9.11. The molecule has 1 aromatic rings. The minimum atomic E-state index is -0.197. The van der Waals surface area contributed by atoms with Crippen LogP contribution in [0.5, 0.6) is 0 Å². The second-order valence-corrected chi connectivity index (χ2v) is 5.24. The molecule has 0 N–H and O–H groups in total. The van der Waals surface area contributed by atoms with Crippen molar-refractivity contribution in [3.05, 3.63) is 28.0 Å². The quantitative estimate of drug-likeness (QED) is 0.633. The van der Waals surface area contributed by atoms with Crippen LogP contribution in [-0.4, -0.2) is 35.0 Å². The van der Waals surface area contributed by atoms with Gasteiger partial charge in [0.05, 0.1) is 17.3 Å². The third-order valence-electron chi connectivity index (χ3n) is 3.16. The number of carbonyl (C=O) groups is 1. The Morgan fingerprint density at radius 2 is 2.32 bits per heavy atom. The summed E-state index contributed by atoms with van der Waals surface area (Å²) in [5.41, 5.74) is 0.699. The SMILES string of the molecule is CCOC(=O)C1CCCN1Cc1nc(Cl)ccc1Cl. The van der Waals surface area contributed by atoms with E-state index in [2.05, 4.69) is 4.98 Å². The zero-order valence-corrected chi connectivity index (χ0v) is 12.2. The van der Waals surface area contributed by atoms with Crippen LogP contribution in [0.4, 0.5) is 0 Å². The predicted octanol–water partition coefficient (Wildman–Crippen LogP) is 2.92. The van der Waals surface area contributed by atoms with Gasteiger partial charge in [-0.3, -0.25) is 9.69 Å². The van der Waals surface area contributed by atoms with E-state index in [-0.39, 0.29) is 12.0 Å². The molecule has 1 aliphatic heterocycles. The molecule has 1 fully saturated rings. The summed E-state index contributed by atoms with van der Waals surface area (Å²) < 4.78 is 5.09. The highest BCUT2D eigenvalue weighted by Crippen LogP contribution is 2.24. The minimum Gasteiger partial charge on any atom is -0.465 e. The summed E-state index contributed by atoms with van der Waals surface area (Å²) in [6.45, 7) is 3.57. The number of likely N-dealkylation sites (tertiary alicyclic amines) is 1. The average Bonchev–Trinajstić information content (AvgIpc) is 2.82. The Kier molecular flexibility index (Phi) is 5.02. The fraction of sp³-hybridized carbons (Fsp3) is 0.538. The molecule has 1 aromatic heterocycles. The summed E-state index contributed by atoms with van der Waals surface area (Å²) in [7, 11) is 0. The summed E-state index contributed by atoms with van der Waals surface area (Å²) in [5.74, 6) is -0.168. The Balaban J connectivity index is 2.09. The van der Waals surface area contributed by atoms with Gasteiger partial charge < -0.3 is 4.74 Å². The van der Waals surface area contributed by atoms with Gasteiger partial charge in [-0.2, -0.15) is 0 Å². The highest BCUT2D eigenvalue weighted by molar-refractivity contribution is 6.32. The second-order valence-electron chi connectivity index (χ2n) is 4.44. The average molecular weight is 303 g/mol. The molecule has 0 bridgehead atoms. The second kappa shape index (κ2) is 6.55. The van der Waals surface area contributed by atoms with Gasteiger partial charge in [-0.1, -0.05) is 23.2 Å². The largest absolute Gasteiger partial charge is 0.465 e. The number of esters is 1. The number of rotatable bonds is 4. The van der Waals surface area contributed by atoms with E-state index in [4.69, 9.17) is 27.9 Å². The van der Waals surface area contributed by atoms with Crippen molar-refractivity contribution in [3.63, 3.8) is 0 Å². The van der Waals surface area contributed by atoms with Gasteiger partial charge in [0, 0.05) is 6.54 Å². The normalized spacial score (nSPS) is 19.6. The van der Waals surface area contributed by atoms with E-state index in [9.17, 15) is 4.79 Å². The van der Waals surface area contributed by atoms with Gasteiger partial charge in [0.2, 0.25) is 0 Å². The standard InChI is InChI=1S/C13H16Cl2N2O2/c1-2-19-13(18)11-4-3-7-17(11)8-10-9(14)5-6-12(15)16-10/h5-6,11H,2-4,7-8H2,1H3. The molecule has 6 heteroatoms. The minimum absolute atomic E-state index is 0.168. The van der Waals surface area contributed by atoms with Gasteiger partial charge in [-0.15, -0.1) is 0 Å². The molecule has 1 saturated heterocycles. The molecule has 1 aliphatic rings. The fourth-order valence-corrected chi connectivity index (χ4v) is 2.61. The van der Waals surface area contributed by atoms with E-state index in [1.54, 1.807) is 12.1 Å². The van der Waals surface area contributed by atoms with Gasteiger partial charge in [-0.05, 0) is 38.4 Å². The molecule has 0 aliphatic carbocycles. The fourth-order valence-electron chi connectivity index (χ4n) is 2.28. The van der Waals surface area contributed by atoms with Crippen LogP contribution in [0.3, 0.4) is 0 Å². The van der Waals surface area contributed by atoms with Crippen molar-refractivity contribution < 1.29 is 9.53 Å². The van der Waals surface area contributed by atoms with Crippen LogP contribution in [0.15, 0.2) is 12.1 Å². The molecule has 2 rings (SSSR count). The Hall–Kier alpha value is -0.840. The number of ether oxygens (including phenoxy) is 1. The molecular weight excluding hydrogens is 287 g/mol. The zero-order valence-electron chi connectivity index (χ0n) is 10.7. The molecule has 1 atom stereocenters. The van der Waals surface area contributed by atoms with Crippen LogP contribution in [0, 0.1) is 0 Å². The van der Waals surface area contributed by atoms with E-state index < -0.39 is 0 Å². The molecule has 0 amide bonds. The summed E-state index contributed by atoms with van der Waals surface area (Å²) >= 11 is 12.0. The molecular formula is C13H16Cl2N2O2. The Morgan fingerprint density at radius 1 is 1.53 bits per heavy atom.